The molecule has 5 aromatic carbocycles. The van der Waals surface area contributed by atoms with Gasteiger partial charge in [0.1, 0.15) is 13.2 Å². The van der Waals surface area contributed by atoms with Crippen LogP contribution in [0.4, 0.5) is 0 Å². The molecule has 0 amide bonds. The van der Waals surface area contributed by atoms with Gasteiger partial charge in [0, 0.05) is 0 Å². The highest BCUT2D eigenvalue weighted by atomic mass is 16.6. The van der Waals surface area contributed by atoms with Crippen molar-refractivity contribution in [3.8, 4) is 11.5 Å². The summed E-state index contributed by atoms with van der Waals surface area (Å²) >= 11 is 0. The van der Waals surface area contributed by atoms with Crippen molar-refractivity contribution < 1.29 is 28.4 Å². The van der Waals surface area contributed by atoms with Crippen LogP contribution in [0.2, 0.25) is 0 Å². The zero-order valence-electron chi connectivity index (χ0n) is 27.3. The van der Waals surface area contributed by atoms with E-state index in [-0.39, 0.29) is 5.41 Å². The average Bonchev–Trinajstić information content (AvgIpc) is 3.07. The molecule has 6 heteroatoms. The quantitative estimate of drug-likeness (QED) is 0.0914. The summed E-state index contributed by atoms with van der Waals surface area (Å²) in [7, 11) is 0. The summed E-state index contributed by atoms with van der Waals surface area (Å²) in [5, 5.41) is 4.92. The summed E-state index contributed by atoms with van der Waals surface area (Å²) in [6, 6.07) is 35.6. The molecular formula is C40H46O6. The molecule has 0 fully saturated rings. The summed E-state index contributed by atoms with van der Waals surface area (Å²) in [6.07, 6.45) is 0. The van der Waals surface area contributed by atoms with Crippen LogP contribution in [0.25, 0.3) is 21.5 Å². The topological polar surface area (TPSA) is 55.4 Å². The van der Waals surface area contributed by atoms with Crippen molar-refractivity contribution in [2.24, 2.45) is 0 Å². The van der Waals surface area contributed by atoms with Crippen molar-refractivity contribution in [2.75, 3.05) is 52.9 Å². The Hall–Kier alpha value is -3.94. The van der Waals surface area contributed by atoms with E-state index < -0.39 is 0 Å². The lowest BCUT2D eigenvalue weighted by Gasteiger charge is -2.21. The molecule has 0 heterocycles. The van der Waals surface area contributed by atoms with E-state index >= 15 is 0 Å². The van der Waals surface area contributed by atoms with Gasteiger partial charge in [-0.05, 0) is 67.9 Å². The Morgan fingerprint density at radius 2 is 0.870 bits per heavy atom. The Labute approximate surface area is 273 Å². The Kier molecular flexibility index (Phi) is 12.4. The predicted molar refractivity (Wildman–Crippen MR) is 185 cm³/mol. The molecule has 0 aliphatic carbocycles. The normalized spacial score (nSPS) is 11.7. The molecule has 0 atom stereocenters. The second kappa shape index (κ2) is 17.1. The van der Waals surface area contributed by atoms with Gasteiger partial charge < -0.3 is 28.4 Å². The standard InChI is InChI=1S/C40H46O6/c1-40(2,3)37-16-17-38(45-24-22-41-18-20-43-29-31-12-14-33-8-4-6-10-35(33)26-31)39(28-37)46-25-23-42-19-21-44-30-32-13-15-34-9-5-7-11-36(34)27-32/h4-17,26-28H,18-25,29-30H2,1-3H3. The summed E-state index contributed by atoms with van der Waals surface area (Å²) in [4.78, 5) is 0. The number of rotatable bonds is 18. The van der Waals surface area contributed by atoms with Gasteiger partial charge in [0.05, 0.1) is 52.9 Å². The van der Waals surface area contributed by atoms with E-state index in [1.165, 1.54) is 27.1 Å². The highest BCUT2D eigenvalue weighted by molar-refractivity contribution is 5.83. The summed E-state index contributed by atoms with van der Waals surface area (Å²) in [6.45, 7) is 11.5. The molecule has 0 radical (unpaired) electrons. The molecule has 5 aromatic rings. The Morgan fingerprint density at radius 1 is 0.413 bits per heavy atom. The summed E-state index contributed by atoms with van der Waals surface area (Å²) in [5.41, 5.74) is 3.48. The number of hydrogen-bond acceptors (Lipinski definition) is 6. The van der Waals surface area contributed by atoms with Crippen molar-refractivity contribution in [2.45, 2.75) is 39.4 Å². The highest BCUT2D eigenvalue weighted by Crippen LogP contribution is 2.33. The van der Waals surface area contributed by atoms with Crippen molar-refractivity contribution >= 4 is 21.5 Å². The van der Waals surface area contributed by atoms with Gasteiger partial charge in [-0.15, -0.1) is 0 Å². The van der Waals surface area contributed by atoms with Gasteiger partial charge in [0.2, 0.25) is 0 Å². The average molecular weight is 623 g/mol. The maximum Gasteiger partial charge on any atom is 0.161 e. The van der Waals surface area contributed by atoms with Crippen LogP contribution in [0.1, 0.15) is 37.5 Å². The van der Waals surface area contributed by atoms with E-state index in [0.29, 0.717) is 77.6 Å². The van der Waals surface area contributed by atoms with Crippen LogP contribution in [0, 0.1) is 0 Å². The third kappa shape index (κ3) is 10.3. The van der Waals surface area contributed by atoms with Crippen molar-refractivity contribution in [3.05, 3.63) is 120 Å². The molecule has 0 aliphatic heterocycles. The molecule has 0 aliphatic rings. The molecule has 5 rings (SSSR count). The lowest BCUT2D eigenvalue weighted by atomic mass is 9.87. The first kappa shape index (κ1) is 33.4. The second-order valence-electron chi connectivity index (χ2n) is 12.3. The molecule has 0 saturated carbocycles. The van der Waals surface area contributed by atoms with Crippen LogP contribution >= 0.6 is 0 Å². The molecule has 46 heavy (non-hydrogen) atoms. The van der Waals surface area contributed by atoms with Gasteiger partial charge in [-0.1, -0.05) is 99.6 Å². The number of benzene rings is 5. The smallest absolute Gasteiger partial charge is 0.161 e. The lowest BCUT2D eigenvalue weighted by molar-refractivity contribution is 0.0274. The third-order valence-corrected chi connectivity index (χ3v) is 7.69. The van der Waals surface area contributed by atoms with E-state index in [9.17, 15) is 0 Å². The fourth-order valence-electron chi connectivity index (χ4n) is 5.10. The number of fused-ring (bicyclic) bond motifs is 2. The summed E-state index contributed by atoms with van der Waals surface area (Å²) < 4.78 is 35.3. The molecule has 0 saturated heterocycles. The molecule has 0 aromatic heterocycles. The van der Waals surface area contributed by atoms with Gasteiger partial charge in [0.25, 0.3) is 0 Å². The van der Waals surface area contributed by atoms with Crippen LogP contribution in [-0.2, 0) is 37.6 Å². The van der Waals surface area contributed by atoms with E-state index in [1.54, 1.807) is 0 Å². The number of hydrogen-bond donors (Lipinski definition) is 0. The molecule has 0 N–H and O–H groups in total. The third-order valence-electron chi connectivity index (χ3n) is 7.69. The van der Waals surface area contributed by atoms with Crippen molar-refractivity contribution in [1.29, 1.82) is 0 Å². The summed E-state index contributed by atoms with van der Waals surface area (Å²) in [5.74, 6) is 1.41. The Bertz CT molecular complexity index is 1660. The van der Waals surface area contributed by atoms with Gasteiger partial charge in [-0.25, -0.2) is 0 Å². The SMILES string of the molecule is CC(C)(C)c1ccc(OCCOCCOCc2ccc3ccccc3c2)c(OCCOCCOCc2ccc3ccccc3c2)c1. The fourth-order valence-corrected chi connectivity index (χ4v) is 5.10. The zero-order chi connectivity index (χ0) is 32.0. The molecular weight excluding hydrogens is 576 g/mol. The maximum absolute atomic E-state index is 6.12. The van der Waals surface area contributed by atoms with Crippen LogP contribution in [-0.4, -0.2) is 52.9 Å². The predicted octanol–water partition coefficient (Wildman–Crippen LogP) is 8.51. The monoisotopic (exact) mass is 622 g/mol. The minimum Gasteiger partial charge on any atom is -0.487 e. The molecule has 0 bridgehead atoms. The van der Waals surface area contributed by atoms with Gasteiger partial charge in [-0.2, -0.15) is 0 Å². The first-order valence-electron chi connectivity index (χ1n) is 16.1. The van der Waals surface area contributed by atoms with Crippen molar-refractivity contribution in [1.82, 2.24) is 0 Å². The van der Waals surface area contributed by atoms with E-state index in [2.05, 4.69) is 118 Å². The first-order valence-corrected chi connectivity index (χ1v) is 16.1. The Morgan fingerprint density at radius 3 is 1.39 bits per heavy atom. The van der Waals surface area contributed by atoms with E-state index in [4.69, 9.17) is 28.4 Å². The van der Waals surface area contributed by atoms with Crippen LogP contribution in [0.15, 0.2) is 103 Å². The van der Waals surface area contributed by atoms with Crippen LogP contribution < -0.4 is 9.47 Å². The number of ether oxygens (including phenoxy) is 6. The molecule has 242 valence electrons. The van der Waals surface area contributed by atoms with Gasteiger partial charge >= 0.3 is 0 Å². The van der Waals surface area contributed by atoms with Crippen molar-refractivity contribution in [3.63, 3.8) is 0 Å². The minimum atomic E-state index is -0.00845. The lowest BCUT2D eigenvalue weighted by Crippen LogP contribution is -2.15. The van der Waals surface area contributed by atoms with Gasteiger partial charge in [0.15, 0.2) is 11.5 Å². The fraction of sp³-hybridized carbons (Fsp3) is 0.350. The maximum atomic E-state index is 6.12. The first-order chi connectivity index (χ1) is 22.5. The van der Waals surface area contributed by atoms with E-state index in [1.807, 2.05) is 6.07 Å². The largest absolute Gasteiger partial charge is 0.487 e. The van der Waals surface area contributed by atoms with Gasteiger partial charge in [-0.3, -0.25) is 0 Å². The zero-order valence-corrected chi connectivity index (χ0v) is 27.3. The minimum absolute atomic E-state index is 0.00845. The highest BCUT2D eigenvalue weighted by Gasteiger charge is 2.17. The van der Waals surface area contributed by atoms with Crippen LogP contribution in [0.3, 0.4) is 0 Å². The second-order valence-corrected chi connectivity index (χ2v) is 12.3. The molecule has 0 unspecified atom stereocenters. The van der Waals surface area contributed by atoms with Crippen LogP contribution in [0.5, 0.6) is 11.5 Å². The molecule has 6 nitrogen and oxygen atoms in total. The molecule has 0 spiro atoms. The Balaban J connectivity index is 0.969. The van der Waals surface area contributed by atoms with E-state index in [0.717, 1.165) is 11.1 Å².